The Morgan fingerprint density at radius 1 is 1.14 bits per heavy atom. The van der Waals surface area contributed by atoms with Gasteiger partial charge in [-0.15, -0.1) is 0 Å². The van der Waals surface area contributed by atoms with E-state index in [9.17, 15) is 9.36 Å². The van der Waals surface area contributed by atoms with E-state index in [1.54, 1.807) is 27.7 Å². The van der Waals surface area contributed by atoms with E-state index in [4.69, 9.17) is 9.05 Å². The summed E-state index contributed by atoms with van der Waals surface area (Å²) in [6, 6.07) is 9.45. The molecule has 0 aliphatic rings. The van der Waals surface area contributed by atoms with Gasteiger partial charge in [0, 0.05) is 18.1 Å². The first-order valence-electron chi connectivity index (χ1n) is 7.12. The molecule has 0 bridgehead atoms. The minimum atomic E-state index is -3.60. The van der Waals surface area contributed by atoms with Crippen molar-refractivity contribution in [2.75, 3.05) is 0 Å². The minimum Gasteiger partial charge on any atom is -0.341 e. The van der Waals surface area contributed by atoms with Gasteiger partial charge in [0.15, 0.2) is 0 Å². The summed E-state index contributed by atoms with van der Waals surface area (Å²) >= 11 is 0. The second kappa shape index (κ2) is 8.75. The Morgan fingerprint density at radius 2 is 1.68 bits per heavy atom. The van der Waals surface area contributed by atoms with E-state index in [2.05, 4.69) is 16.9 Å². The van der Waals surface area contributed by atoms with Crippen molar-refractivity contribution >= 4 is 13.5 Å². The van der Waals surface area contributed by atoms with E-state index in [1.807, 2.05) is 30.3 Å². The van der Waals surface area contributed by atoms with E-state index < -0.39 is 13.5 Å². The zero-order valence-electron chi connectivity index (χ0n) is 13.3. The second-order valence-corrected chi connectivity index (χ2v) is 6.85. The molecule has 0 aliphatic heterocycles. The number of nitrogens with one attached hydrogen (secondary N) is 1. The fourth-order valence-corrected chi connectivity index (χ4v) is 3.08. The normalized spacial score (nSPS) is 11.2. The lowest BCUT2D eigenvalue weighted by atomic mass is 10.2. The molecule has 0 heterocycles. The molecule has 1 N–H and O–H groups in total. The Bertz CT molecular complexity index is 573. The highest BCUT2D eigenvalue weighted by Crippen LogP contribution is 2.49. The Hall–Kier alpha value is -1.60. The monoisotopic (exact) mass is 323 g/mol. The van der Waals surface area contributed by atoms with Crippen LogP contribution in [0.5, 0.6) is 0 Å². The number of benzene rings is 1. The van der Waals surface area contributed by atoms with Gasteiger partial charge in [0.25, 0.3) is 5.91 Å². The molecular formula is C16H22NO4P. The number of carbonyl (C=O) groups is 1. The third-order valence-corrected chi connectivity index (χ3v) is 4.09. The quantitative estimate of drug-likeness (QED) is 0.644. The maximum absolute atomic E-state index is 12.4. The summed E-state index contributed by atoms with van der Waals surface area (Å²) in [6.07, 6.45) is -0.627. The van der Waals surface area contributed by atoms with Crippen molar-refractivity contribution in [1.82, 2.24) is 5.32 Å². The standard InChI is InChI=1S/C16H22NO4P/c1-13(2)20-22(19,21-14(3)4)11-10-16(18)17-12-15-8-6-5-7-9-15/h5-9,13-14H,12H2,1-4H3,(H,17,18). The highest BCUT2D eigenvalue weighted by molar-refractivity contribution is 7.59. The van der Waals surface area contributed by atoms with E-state index in [1.165, 1.54) is 0 Å². The van der Waals surface area contributed by atoms with Crippen LogP contribution < -0.4 is 5.32 Å². The molecule has 6 heteroatoms. The van der Waals surface area contributed by atoms with Crippen molar-refractivity contribution in [2.45, 2.75) is 46.4 Å². The van der Waals surface area contributed by atoms with Gasteiger partial charge < -0.3 is 5.32 Å². The summed E-state index contributed by atoms with van der Waals surface area (Å²) in [5, 5.41) is 2.63. The Labute approximate surface area is 131 Å². The van der Waals surface area contributed by atoms with Gasteiger partial charge in [-0.2, -0.15) is 0 Å². The molecule has 22 heavy (non-hydrogen) atoms. The van der Waals surface area contributed by atoms with Crippen molar-refractivity contribution in [1.29, 1.82) is 0 Å². The Kier molecular flexibility index (Phi) is 7.34. The van der Waals surface area contributed by atoms with Crippen molar-refractivity contribution in [3.8, 4) is 11.6 Å². The molecule has 0 fully saturated rings. The van der Waals surface area contributed by atoms with Crippen LogP contribution in [0.1, 0.15) is 33.3 Å². The first-order chi connectivity index (χ1) is 10.3. The minimum absolute atomic E-state index is 0.314. The zero-order valence-corrected chi connectivity index (χ0v) is 14.2. The highest BCUT2D eigenvalue weighted by Gasteiger charge is 2.25. The van der Waals surface area contributed by atoms with Crippen molar-refractivity contribution in [3.05, 3.63) is 35.9 Å². The molecule has 5 nitrogen and oxygen atoms in total. The predicted octanol–water partition coefficient (Wildman–Crippen LogP) is 3.31. The molecule has 0 atom stereocenters. The lowest BCUT2D eigenvalue weighted by molar-refractivity contribution is -0.115. The fourth-order valence-electron chi connectivity index (χ4n) is 1.57. The second-order valence-electron chi connectivity index (χ2n) is 5.21. The first-order valence-corrected chi connectivity index (χ1v) is 8.67. The van der Waals surface area contributed by atoms with Gasteiger partial charge in [-0.3, -0.25) is 13.8 Å². The molecule has 0 aliphatic carbocycles. The average molecular weight is 323 g/mol. The number of hydrogen-bond acceptors (Lipinski definition) is 4. The van der Waals surface area contributed by atoms with Crippen LogP contribution >= 0.6 is 7.60 Å². The molecule has 0 radical (unpaired) electrons. The molecular weight excluding hydrogens is 301 g/mol. The lowest BCUT2D eigenvalue weighted by Gasteiger charge is -2.17. The molecule has 0 unspecified atom stereocenters. The summed E-state index contributed by atoms with van der Waals surface area (Å²) in [4.78, 5) is 11.7. The molecule has 1 amide bonds. The maximum Gasteiger partial charge on any atom is 0.406 e. The molecule has 1 aromatic rings. The summed E-state index contributed by atoms with van der Waals surface area (Å²) < 4.78 is 22.9. The topological polar surface area (TPSA) is 64.6 Å². The smallest absolute Gasteiger partial charge is 0.341 e. The van der Waals surface area contributed by atoms with Gasteiger partial charge >= 0.3 is 7.60 Å². The summed E-state index contributed by atoms with van der Waals surface area (Å²) in [7, 11) is -3.60. The van der Waals surface area contributed by atoms with Crippen molar-refractivity contribution in [2.24, 2.45) is 0 Å². The number of amides is 1. The molecule has 1 aromatic carbocycles. The molecule has 0 saturated carbocycles. The summed E-state index contributed by atoms with van der Waals surface area (Å²) in [6.45, 7) is 7.27. The predicted molar refractivity (Wildman–Crippen MR) is 86.1 cm³/mol. The van der Waals surface area contributed by atoms with E-state index in [0.29, 0.717) is 6.54 Å². The summed E-state index contributed by atoms with van der Waals surface area (Å²) in [5.41, 5.74) is 3.30. The highest BCUT2D eigenvalue weighted by atomic mass is 31.2. The molecule has 0 aromatic heterocycles. The first kappa shape index (κ1) is 18.4. The van der Waals surface area contributed by atoms with E-state index >= 15 is 0 Å². The third-order valence-electron chi connectivity index (χ3n) is 2.30. The van der Waals surface area contributed by atoms with Crippen LogP contribution in [0, 0.1) is 11.6 Å². The molecule has 0 saturated heterocycles. The van der Waals surface area contributed by atoms with Crippen molar-refractivity contribution in [3.63, 3.8) is 0 Å². The van der Waals surface area contributed by atoms with Gasteiger partial charge in [-0.05, 0) is 33.3 Å². The van der Waals surface area contributed by atoms with Crippen molar-refractivity contribution < 1.29 is 18.4 Å². The molecule has 0 spiro atoms. The number of hydrogen-bond donors (Lipinski definition) is 1. The van der Waals surface area contributed by atoms with Gasteiger partial charge in [0.05, 0.1) is 12.2 Å². The summed E-state index contributed by atoms with van der Waals surface area (Å²) in [5.74, 6) is 1.77. The van der Waals surface area contributed by atoms with E-state index in [0.717, 1.165) is 5.56 Å². The van der Waals surface area contributed by atoms with Gasteiger partial charge in [0.1, 0.15) is 0 Å². The zero-order chi connectivity index (χ0) is 16.6. The fraction of sp³-hybridized carbons (Fsp3) is 0.438. The molecule has 1 rings (SSSR count). The van der Waals surface area contributed by atoms with Gasteiger partial charge in [0.2, 0.25) is 0 Å². The lowest BCUT2D eigenvalue weighted by Crippen LogP contribution is -2.20. The Morgan fingerprint density at radius 3 is 2.18 bits per heavy atom. The largest absolute Gasteiger partial charge is 0.406 e. The molecule has 120 valence electrons. The van der Waals surface area contributed by atoms with Crippen LogP contribution in [0.4, 0.5) is 0 Å². The van der Waals surface area contributed by atoms with E-state index in [-0.39, 0.29) is 12.2 Å². The van der Waals surface area contributed by atoms with Crippen LogP contribution in [0.2, 0.25) is 0 Å². The third kappa shape index (κ3) is 7.42. The van der Waals surface area contributed by atoms with Gasteiger partial charge in [-0.25, -0.2) is 4.57 Å². The van der Waals surface area contributed by atoms with Crippen LogP contribution in [-0.2, 0) is 25.0 Å². The van der Waals surface area contributed by atoms with Gasteiger partial charge in [-0.1, -0.05) is 30.3 Å². The van der Waals surface area contributed by atoms with Crippen LogP contribution in [-0.4, -0.2) is 18.1 Å². The Balaban J connectivity index is 2.67. The van der Waals surface area contributed by atoms with Crippen LogP contribution in [0.15, 0.2) is 30.3 Å². The van der Waals surface area contributed by atoms with Crippen LogP contribution in [0.3, 0.4) is 0 Å². The van der Waals surface area contributed by atoms with Crippen LogP contribution in [0.25, 0.3) is 0 Å². The SMILES string of the molecule is CC(C)OP(=O)(C#CC(=O)NCc1ccccc1)OC(C)C. The maximum atomic E-state index is 12.4. The number of carbonyl (C=O) groups excluding carboxylic acids is 1. The number of rotatable bonds is 6. The average Bonchev–Trinajstić information content (AvgIpc) is 2.42.